The third-order valence-corrected chi connectivity index (χ3v) is 5.98. The second-order valence-corrected chi connectivity index (χ2v) is 8.52. The molecule has 1 aliphatic heterocycles. The van der Waals surface area contributed by atoms with Crippen LogP contribution in [0.15, 0.2) is 85.3 Å². The molecule has 4 aromatic rings. The van der Waals surface area contributed by atoms with Gasteiger partial charge in [0.1, 0.15) is 0 Å². The number of morpholine rings is 1. The Bertz CT molecular complexity index is 1270. The van der Waals surface area contributed by atoms with E-state index in [1.807, 2.05) is 54.6 Å². The van der Waals surface area contributed by atoms with E-state index in [1.54, 1.807) is 18.6 Å². The Hall–Kier alpha value is -4.30. The van der Waals surface area contributed by atoms with Crippen LogP contribution in [0, 0.1) is 0 Å². The van der Waals surface area contributed by atoms with E-state index < -0.39 is 0 Å². The maximum absolute atomic E-state index is 12.3. The average Bonchev–Trinajstić information content (AvgIpc) is 2.94. The number of pyridine rings is 1. The van der Waals surface area contributed by atoms with Crippen LogP contribution < -0.4 is 15.5 Å². The lowest BCUT2D eigenvalue weighted by Gasteiger charge is -2.28. The predicted molar refractivity (Wildman–Crippen MR) is 141 cm³/mol. The van der Waals surface area contributed by atoms with E-state index in [2.05, 4.69) is 42.6 Å². The number of aryl methyl sites for hydroxylation is 1. The van der Waals surface area contributed by atoms with Gasteiger partial charge in [0.25, 0.3) is 0 Å². The largest absolute Gasteiger partial charge is 0.378 e. The van der Waals surface area contributed by atoms with Gasteiger partial charge in [-0.1, -0.05) is 18.2 Å². The number of rotatable bonds is 8. The first kappa shape index (κ1) is 23.4. The number of hydrogen-bond donors (Lipinski definition) is 2. The van der Waals surface area contributed by atoms with Crippen LogP contribution in [0.25, 0.3) is 11.3 Å². The number of carbonyl (C=O) groups excluding carboxylic acids is 1. The molecule has 0 atom stereocenters. The van der Waals surface area contributed by atoms with Gasteiger partial charge in [0.05, 0.1) is 18.9 Å². The highest BCUT2D eigenvalue weighted by atomic mass is 16.5. The van der Waals surface area contributed by atoms with E-state index in [1.165, 1.54) is 5.69 Å². The zero-order chi connectivity index (χ0) is 24.6. The van der Waals surface area contributed by atoms with Crippen molar-refractivity contribution in [1.82, 2.24) is 15.0 Å². The van der Waals surface area contributed by atoms with Gasteiger partial charge in [-0.05, 0) is 60.5 Å². The summed E-state index contributed by atoms with van der Waals surface area (Å²) in [6, 6.07) is 21.6. The number of anilines is 4. The number of nitrogens with zero attached hydrogens (tertiary/aromatic N) is 4. The Morgan fingerprint density at radius 1 is 0.917 bits per heavy atom. The molecule has 182 valence electrons. The van der Waals surface area contributed by atoms with Crippen LogP contribution in [-0.2, 0) is 16.0 Å². The molecule has 1 aliphatic rings. The van der Waals surface area contributed by atoms with Gasteiger partial charge in [-0.2, -0.15) is 0 Å². The molecule has 1 saturated heterocycles. The fourth-order valence-electron chi connectivity index (χ4n) is 4.04. The van der Waals surface area contributed by atoms with Crippen molar-refractivity contribution in [3.8, 4) is 11.3 Å². The molecule has 0 radical (unpaired) electrons. The molecule has 0 bridgehead atoms. The van der Waals surface area contributed by atoms with Gasteiger partial charge < -0.3 is 20.3 Å². The number of carbonyl (C=O) groups is 1. The van der Waals surface area contributed by atoms with Crippen molar-refractivity contribution in [2.24, 2.45) is 0 Å². The number of benzene rings is 2. The average molecular weight is 481 g/mol. The molecule has 0 unspecified atom stereocenters. The van der Waals surface area contributed by atoms with E-state index in [9.17, 15) is 4.79 Å². The first-order valence-corrected chi connectivity index (χ1v) is 12.0. The normalized spacial score (nSPS) is 13.3. The van der Waals surface area contributed by atoms with Crippen molar-refractivity contribution in [3.63, 3.8) is 0 Å². The first-order valence-electron chi connectivity index (χ1n) is 12.0. The smallest absolute Gasteiger partial charge is 0.227 e. The van der Waals surface area contributed by atoms with Crippen molar-refractivity contribution in [3.05, 3.63) is 90.9 Å². The lowest BCUT2D eigenvalue weighted by atomic mass is 10.1. The summed E-state index contributed by atoms with van der Waals surface area (Å²) in [6.45, 7) is 3.35. The minimum absolute atomic E-state index is 0.0280. The first-order chi connectivity index (χ1) is 17.7. The highest BCUT2D eigenvalue weighted by Crippen LogP contribution is 2.23. The molecule has 8 nitrogen and oxygen atoms in total. The van der Waals surface area contributed by atoms with Crippen LogP contribution in [0.2, 0.25) is 0 Å². The van der Waals surface area contributed by atoms with Gasteiger partial charge in [0.15, 0.2) is 0 Å². The van der Waals surface area contributed by atoms with Gasteiger partial charge in [0.2, 0.25) is 11.9 Å². The van der Waals surface area contributed by atoms with Crippen molar-refractivity contribution in [1.29, 1.82) is 0 Å². The molecule has 0 saturated carbocycles. The minimum atomic E-state index is -0.0280. The molecule has 2 aromatic heterocycles. The molecule has 0 aliphatic carbocycles. The fraction of sp³-hybridized carbons (Fsp3) is 0.214. The Labute approximate surface area is 210 Å². The summed E-state index contributed by atoms with van der Waals surface area (Å²) in [7, 11) is 0. The second kappa shape index (κ2) is 11.4. The van der Waals surface area contributed by atoms with Crippen molar-refractivity contribution >= 4 is 28.9 Å². The molecule has 8 heteroatoms. The Morgan fingerprint density at radius 2 is 1.69 bits per heavy atom. The van der Waals surface area contributed by atoms with Gasteiger partial charge >= 0.3 is 0 Å². The van der Waals surface area contributed by atoms with Crippen LogP contribution >= 0.6 is 0 Å². The van der Waals surface area contributed by atoms with Crippen molar-refractivity contribution in [2.75, 3.05) is 41.8 Å². The highest BCUT2D eigenvalue weighted by molar-refractivity contribution is 5.91. The van der Waals surface area contributed by atoms with Crippen LogP contribution in [0.3, 0.4) is 0 Å². The number of aromatic nitrogens is 3. The molecule has 36 heavy (non-hydrogen) atoms. The molecule has 3 heterocycles. The summed E-state index contributed by atoms with van der Waals surface area (Å²) < 4.78 is 5.43. The Morgan fingerprint density at radius 3 is 2.44 bits per heavy atom. The SMILES string of the molecule is O=C(CCc1cccnc1)Nc1ccc(-c2ccnc(Nc3ccc(N4CCOCC4)cc3)n2)cc1. The van der Waals surface area contributed by atoms with E-state index >= 15 is 0 Å². The van der Waals surface area contributed by atoms with Crippen molar-refractivity contribution < 1.29 is 9.53 Å². The number of nitrogens with one attached hydrogen (secondary N) is 2. The minimum Gasteiger partial charge on any atom is -0.378 e. The maximum atomic E-state index is 12.3. The highest BCUT2D eigenvalue weighted by Gasteiger charge is 2.11. The summed E-state index contributed by atoms with van der Waals surface area (Å²) in [5, 5.41) is 6.23. The lowest BCUT2D eigenvalue weighted by Crippen LogP contribution is -2.36. The molecule has 2 N–H and O–H groups in total. The van der Waals surface area contributed by atoms with Crippen LogP contribution in [0.4, 0.5) is 23.0 Å². The molecule has 1 fully saturated rings. The number of amides is 1. The number of ether oxygens (including phenoxy) is 1. The van der Waals surface area contributed by atoms with E-state index in [4.69, 9.17) is 4.74 Å². The number of hydrogen-bond acceptors (Lipinski definition) is 7. The summed E-state index contributed by atoms with van der Waals surface area (Å²) in [5.41, 5.74) is 5.64. The summed E-state index contributed by atoms with van der Waals surface area (Å²) >= 11 is 0. The zero-order valence-electron chi connectivity index (χ0n) is 19.9. The standard InChI is InChI=1S/C28H28N6O2/c35-27(12-3-21-2-1-14-29-20-21)31-23-6-4-22(5-7-23)26-13-15-30-28(33-26)32-24-8-10-25(11-9-24)34-16-18-36-19-17-34/h1-2,4-11,13-15,20H,3,12,16-19H2,(H,31,35)(H,30,32,33). The summed E-state index contributed by atoms with van der Waals surface area (Å²) in [5.74, 6) is 0.499. The monoisotopic (exact) mass is 480 g/mol. The summed E-state index contributed by atoms with van der Waals surface area (Å²) in [6.07, 6.45) is 6.31. The van der Waals surface area contributed by atoms with Crippen LogP contribution in [-0.4, -0.2) is 47.2 Å². The summed E-state index contributed by atoms with van der Waals surface area (Å²) in [4.78, 5) is 27.7. The molecular formula is C28H28N6O2. The predicted octanol–water partition coefficient (Wildman–Crippen LogP) is 4.69. The second-order valence-electron chi connectivity index (χ2n) is 8.52. The molecule has 1 amide bonds. The quantitative estimate of drug-likeness (QED) is 0.378. The third kappa shape index (κ3) is 6.22. The fourth-order valence-corrected chi connectivity index (χ4v) is 4.04. The van der Waals surface area contributed by atoms with Gasteiger partial charge in [-0.3, -0.25) is 9.78 Å². The lowest BCUT2D eigenvalue weighted by molar-refractivity contribution is -0.116. The molecule has 2 aromatic carbocycles. The van der Waals surface area contributed by atoms with Crippen LogP contribution in [0.5, 0.6) is 0 Å². The molecule has 5 rings (SSSR count). The van der Waals surface area contributed by atoms with Crippen molar-refractivity contribution in [2.45, 2.75) is 12.8 Å². The molecule has 0 spiro atoms. The third-order valence-electron chi connectivity index (χ3n) is 5.98. The zero-order valence-corrected chi connectivity index (χ0v) is 19.9. The molecular weight excluding hydrogens is 452 g/mol. The topological polar surface area (TPSA) is 92.3 Å². The maximum Gasteiger partial charge on any atom is 0.227 e. The van der Waals surface area contributed by atoms with E-state index in [0.29, 0.717) is 18.8 Å². The van der Waals surface area contributed by atoms with E-state index in [0.717, 1.165) is 54.5 Å². The Kier molecular flexibility index (Phi) is 7.44. The van der Waals surface area contributed by atoms with Gasteiger partial charge in [-0.15, -0.1) is 0 Å². The van der Waals surface area contributed by atoms with E-state index in [-0.39, 0.29) is 5.91 Å². The van der Waals surface area contributed by atoms with Crippen LogP contribution in [0.1, 0.15) is 12.0 Å². The van der Waals surface area contributed by atoms with Gasteiger partial charge in [0, 0.05) is 60.7 Å². The van der Waals surface area contributed by atoms with Gasteiger partial charge in [-0.25, -0.2) is 9.97 Å². The Balaban J connectivity index is 1.18.